The molecule has 0 radical (unpaired) electrons. The molecule has 0 aliphatic carbocycles. The second kappa shape index (κ2) is 17.6. The number of carbonyl (C=O) groups is 2. The Kier molecular flexibility index (Phi) is 12.0. The van der Waals surface area contributed by atoms with E-state index < -0.39 is 23.7 Å². The zero-order valence-electron chi connectivity index (χ0n) is 35.8. The molecule has 1 amide bonds. The highest BCUT2D eigenvalue weighted by Gasteiger charge is 2.56. The smallest absolute Gasteiger partial charge is 0.236 e. The van der Waals surface area contributed by atoms with Crippen molar-refractivity contribution in [3.8, 4) is 5.75 Å². The van der Waals surface area contributed by atoms with E-state index >= 15 is 0 Å². The zero-order valence-corrected chi connectivity index (χ0v) is 36.6. The van der Waals surface area contributed by atoms with Crippen LogP contribution in [0.3, 0.4) is 0 Å². The average molecular weight is 859 g/mol. The minimum Gasteiger partial charge on any atom is -0.497 e. The van der Waals surface area contributed by atoms with E-state index in [4.69, 9.17) is 38.6 Å². The molecule has 4 aliphatic rings. The van der Waals surface area contributed by atoms with Crippen LogP contribution in [0.4, 0.5) is 5.82 Å². The van der Waals surface area contributed by atoms with E-state index in [0.717, 1.165) is 53.9 Å². The van der Waals surface area contributed by atoms with Gasteiger partial charge in [-0.15, -0.1) is 0 Å². The van der Waals surface area contributed by atoms with Gasteiger partial charge in [0.15, 0.2) is 34.8 Å². The van der Waals surface area contributed by atoms with E-state index in [1.807, 2.05) is 66.9 Å². The first-order chi connectivity index (χ1) is 30.1. The van der Waals surface area contributed by atoms with Crippen molar-refractivity contribution in [2.75, 3.05) is 23.9 Å². The number of hydrogen-bond donors (Lipinski definition) is 1. The minimum absolute atomic E-state index is 0.110. The quantitative estimate of drug-likeness (QED) is 0.0620. The summed E-state index contributed by atoms with van der Waals surface area (Å²) in [5.41, 5.74) is 3.99. The molecule has 14 heteroatoms. The summed E-state index contributed by atoms with van der Waals surface area (Å²) in [5, 5.41) is 3.87. The Labute approximate surface area is 366 Å². The molecule has 5 aromatic rings. The number of hydrogen-bond acceptors (Lipinski definition) is 12. The predicted molar refractivity (Wildman–Crippen MR) is 236 cm³/mol. The van der Waals surface area contributed by atoms with Gasteiger partial charge < -0.3 is 29.0 Å². The standard InChI is InChI=1S/C48H54N6O7S/c1-6-37-30(2)24-40(58-37)53-26-31(36(55)25-39(53)56)27-62-23-13-18-38-42-43(61-47(3,4)60-42)46(59-38)54-29-51-41-44(49-28-50-45(41)54)52-48(32-14-9-7-10-15-32,33-16-11-8-12-17-33)34-19-21-35(57-5)22-20-34/h7-12,14-17,19-22,26,28-30,37-38,40,42-43,46H,6,13,18,23-25,27H2,1-5H3,(H,49,50,52)/t30-,37+,38+,40+,42+,43+,46+/m0/s1. The van der Waals surface area contributed by atoms with Crippen LogP contribution in [0.1, 0.15) is 82.7 Å². The number of ether oxygens (including phenoxy) is 5. The summed E-state index contributed by atoms with van der Waals surface area (Å²) < 4.78 is 33.5. The Hall–Kier alpha value is -5.12. The highest BCUT2D eigenvalue weighted by molar-refractivity contribution is 7.99. The Morgan fingerprint density at radius 2 is 1.58 bits per heavy atom. The predicted octanol–water partition coefficient (Wildman–Crippen LogP) is 8.02. The number of thioether (sulfide) groups is 1. The molecule has 3 aromatic carbocycles. The number of Topliss-reactive ketones (excluding diaryl/α,β-unsaturated/α-hetero) is 1. The molecule has 324 valence electrons. The van der Waals surface area contributed by atoms with Crippen LogP contribution in [-0.4, -0.2) is 91.2 Å². The zero-order chi connectivity index (χ0) is 43.0. The lowest BCUT2D eigenvalue weighted by atomic mass is 9.77. The van der Waals surface area contributed by atoms with Gasteiger partial charge in [-0.3, -0.25) is 19.1 Å². The molecule has 0 saturated carbocycles. The number of fused-ring (bicyclic) bond motifs is 2. The first kappa shape index (κ1) is 42.2. The third-order valence-corrected chi connectivity index (χ3v) is 13.6. The number of imidazole rings is 1. The van der Waals surface area contributed by atoms with Crippen molar-refractivity contribution in [3.63, 3.8) is 0 Å². The number of ketones is 1. The van der Waals surface area contributed by atoms with Gasteiger partial charge in [0, 0.05) is 17.5 Å². The van der Waals surface area contributed by atoms with Gasteiger partial charge in [-0.2, -0.15) is 11.8 Å². The second-order valence-electron chi connectivity index (χ2n) is 17.0. The van der Waals surface area contributed by atoms with Crippen molar-refractivity contribution in [1.29, 1.82) is 0 Å². The molecule has 13 nitrogen and oxygen atoms in total. The van der Waals surface area contributed by atoms with Crippen LogP contribution >= 0.6 is 11.8 Å². The fraction of sp³-hybridized carbons (Fsp3) is 0.438. The number of rotatable bonds is 15. The average Bonchev–Trinajstić information content (AvgIpc) is 4.05. The summed E-state index contributed by atoms with van der Waals surface area (Å²) in [7, 11) is 1.66. The van der Waals surface area contributed by atoms with E-state index in [0.29, 0.717) is 34.2 Å². The van der Waals surface area contributed by atoms with Gasteiger partial charge in [0.25, 0.3) is 0 Å². The number of amides is 1. The van der Waals surface area contributed by atoms with Gasteiger partial charge >= 0.3 is 0 Å². The van der Waals surface area contributed by atoms with Gasteiger partial charge in [-0.05, 0) is 80.0 Å². The Bertz CT molecular complexity index is 2370. The largest absolute Gasteiger partial charge is 0.497 e. The van der Waals surface area contributed by atoms with Crippen molar-refractivity contribution < 1.29 is 33.3 Å². The molecule has 3 fully saturated rings. The van der Waals surface area contributed by atoms with Gasteiger partial charge in [-0.1, -0.05) is 86.6 Å². The minimum atomic E-state index is -0.872. The number of nitrogens with zero attached hydrogens (tertiary/aromatic N) is 5. The molecule has 9 rings (SSSR count). The first-order valence-corrected chi connectivity index (χ1v) is 22.7. The number of benzene rings is 3. The lowest BCUT2D eigenvalue weighted by Crippen LogP contribution is -2.41. The first-order valence-electron chi connectivity index (χ1n) is 21.6. The topological polar surface area (TPSA) is 139 Å². The molecular formula is C48H54N6O7S. The van der Waals surface area contributed by atoms with Crippen molar-refractivity contribution in [2.24, 2.45) is 5.92 Å². The normalized spacial score (nSPS) is 25.9. The lowest BCUT2D eigenvalue weighted by Gasteiger charge is -2.37. The van der Waals surface area contributed by atoms with E-state index in [2.05, 4.69) is 55.6 Å². The summed E-state index contributed by atoms with van der Waals surface area (Å²) in [4.78, 5) is 41.9. The van der Waals surface area contributed by atoms with E-state index in [9.17, 15) is 9.59 Å². The second-order valence-corrected chi connectivity index (χ2v) is 18.1. The fourth-order valence-electron chi connectivity index (χ4n) is 9.48. The Morgan fingerprint density at radius 1 is 0.887 bits per heavy atom. The Morgan fingerprint density at radius 3 is 2.26 bits per heavy atom. The van der Waals surface area contributed by atoms with Crippen LogP contribution < -0.4 is 10.1 Å². The summed E-state index contributed by atoms with van der Waals surface area (Å²) >= 11 is 1.69. The van der Waals surface area contributed by atoms with Gasteiger partial charge in [0.1, 0.15) is 36.1 Å². The fourth-order valence-corrected chi connectivity index (χ4v) is 10.5. The van der Waals surface area contributed by atoms with Crippen LogP contribution in [0.15, 0.2) is 109 Å². The van der Waals surface area contributed by atoms with Crippen LogP contribution in [0.25, 0.3) is 11.2 Å². The van der Waals surface area contributed by atoms with Crippen molar-refractivity contribution in [1.82, 2.24) is 24.4 Å². The van der Waals surface area contributed by atoms with Crippen LogP contribution in [0.5, 0.6) is 5.75 Å². The molecule has 6 heterocycles. The van der Waals surface area contributed by atoms with Crippen molar-refractivity contribution in [3.05, 3.63) is 126 Å². The highest BCUT2D eigenvalue weighted by Crippen LogP contribution is 2.46. The number of anilines is 1. The van der Waals surface area contributed by atoms with Gasteiger partial charge in [0.05, 0.1) is 32.1 Å². The monoisotopic (exact) mass is 858 g/mol. The van der Waals surface area contributed by atoms with Crippen LogP contribution in [-0.2, 0) is 34.1 Å². The molecule has 0 spiro atoms. The van der Waals surface area contributed by atoms with E-state index in [1.165, 1.54) is 0 Å². The summed E-state index contributed by atoms with van der Waals surface area (Å²) in [6.45, 7) is 8.12. The molecule has 0 bridgehead atoms. The van der Waals surface area contributed by atoms with Crippen molar-refractivity contribution >= 4 is 40.4 Å². The number of methoxy groups -OCH3 is 1. The summed E-state index contributed by atoms with van der Waals surface area (Å²) in [6.07, 6.45) is 6.45. The van der Waals surface area contributed by atoms with Crippen LogP contribution in [0, 0.1) is 5.92 Å². The molecule has 4 aliphatic heterocycles. The maximum absolute atomic E-state index is 12.9. The van der Waals surface area contributed by atoms with Crippen molar-refractivity contribution in [2.45, 2.75) is 108 Å². The molecular weight excluding hydrogens is 805 g/mol. The number of nitrogens with one attached hydrogen (secondary N) is 1. The maximum Gasteiger partial charge on any atom is 0.236 e. The lowest BCUT2D eigenvalue weighted by molar-refractivity contribution is -0.196. The third kappa shape index (κ3) is 8.03. The summed E-state index contributed by atoms with van der Waals surface area (Å²) in [5.74, 6) is 1.90. The molecule has 62 heavy (non-hydrogen) atoms. The van der Waals surface area contributed by atoms with E-state index in [-0.39, 0.29) is 42.7 Å². The highest BCUT2D eigenvalue weighted by atomic mass is 32.2. The van der Waals surface area contributed by atoms with Crippen LogP contribution in [0.2, 0.25) is 0 Å². The van der Waals surface area contributed by atoms with E-state index in [1.54, 1.807) is 42.6 Å². The Balaban J connectivity index is 0.938. The van der Waals surface area contributed by atoms with Gasteiger partial charge in [0.2, 0.25) is 5.91 Å². The molecule has 2 aromatic heterocycles. The number of aromatic nitrogens is 4. The SMILES string of the molecule is CC[C@H]1O[C@@H](N2C=C(CSCCC[C@H]3O[C@@H](n4cnc5c(NC(c6ccccc6)(c6ccccc6)c6ccc(OC)cc6)ncnc54)[C@@H]4OC(C)(C)O[C@@H]43)C(=O)CC2=O)C[C@@H]1C. The molecule has 7 atom stereocenters. The molecule has 0 unspecified atom stereocenters. The summed E-state index contributed by atoms with van der Waals surface area (Å²) in [6, 6.07) is 28.7. The van der Waals surface area contributed by atoms with Gasteiger partial charge in [-0.25, -0.2) is 15.0 Å². The third-order valence-electron chi connectivity index (χ3n) is 12.5. The molecule has 3 saturated heterocycles. The number of carbonyl (C=O) groups excluding carboxylic acids is 2. The maximum atomic E-state index is 12.9. The molecule has 1 N–H and O–H groups in total.